The fraction of sp³-hybridized carbons (Fsp3) is 0.308. The summed E-state index contributed by atoms with van der Waals surface area (Å²) >= 11 is 0. The smallest absolute Gasteiger partial charge is 0.321 e. The van der Waals surface area contributed by atoms with Crippen LogP contribution in [0.1, 0.15) is 5.56 Å². The Hall–Kier alpha value is -1.88. The van der Waals surface area contributed by atoms with Crippen molar-refractivity contribution >= 4 is 16.0 Å². The molecule has 20 heavy (non-hydrogen) atoms. The quantitative estimate of drug-likeness (QED) is 0.613. The second-order valence-electron chi connectivity index (χ2n) is 3.87. The van der Waals surface area contributed by atoms with Crippen LogP contribution in [0.25, 0.3) is 0 Å². The van der Waals surface area contributed by atoms with E-state index in [1.807, 2.05) is 0 Å². The van der Waals surface area contributed by atoms with Crippen molar-refractivity contribution in [1.29, 1.82) is 0 Å². The van der Waals surface area contributed by atoms with Crippen molar-refractivity contribution in [3.8, 4) is 11.8 Å². The third-order valence-corrected chi connectivity index (χ3v) is 4.29. The Morgan fingerprint density at radius 1 is 1.35 bits per heavy atom. The number of sulfonamides is 1. The summed E-state index contributed by atoms with van der Waals surface area (Å²) < 4.78 is 29.7. The standard InChI is InChI=1S/C13H16N2O4S/c1-15(10-13(16)19-2)20(17,18)12-7-5-11(6-8-12)4-3-9-14/h5-8H,9-10,14H2,1-2H3. The number of carbonyl (C=O) groups excluding carboxylic acids is 1. The van der Waals surface area contributed by atoms with Gasteiger partial charge in [-0.15, -0.1) is 0 Å². The number of esters is 1. The SMILES string of the molecule is COC(=O)CN(C)S(=O)(=O)c1ccc(C#CCN)cc1. The van der Waals surface area contributed by atoms with E-state index in [2.05, 4.69) is 16.6 Å². The zero-order valence-corrected chi connectivity index (χ0v) is 12.1. The molecule has 1 aromatic carbocycles. The van der Waals surface area contributed by atoms with Crippen molar-refractivity contribution in [2.75, 3.05) is 27.2 Å². The molecular weight excluding hydrogens is 280 g/mol. The van der Waals surface area contributed by atoms with Crippen LogP contribution < -0.4 is 5.73 Å². The maximum atomic E-state index is 12.2. The van der Waals surface area contributed by atoms with Crippen LogP contribution in [0.2, 0.25) is 0 Å². The van der Waals surface area contributed by atoms with E-state index in [4.69, 9.17) is 5.73 Å². The third-order valence-electron chi connectivity index (χ3n) is 2.48. The van der Waals surface area contributed by atoms with E-state index < -0.39 is 16.0 Å². The molecule has 0 unspecified atom stereocenters. The molecule has 0 heterocycles. The maximum absolute atomic E-state index is 12.2. The number of benzene rings is 1. The number of methoxy groups -OCH3 is 1. The number of rotatable bonds is 4. The average molecular weight is 296 g/mol. The highest BCUT2D eigenvalue weighted by Gasteiger charge is 2.22. The molecule has 108 valence electrons. The van der Waals surface area contributed by atoms with Crippen LogP contribution in [0.4, 0.5) is 0 Å². The lowest BCUT2D eigenvalue weighted by Crippen LogP contribution is -2.32. The first kappa shape index (κ1) is 16.2. The highest BCUT2D eigenvalue weighted by atomic mass is 32.2. The molecule has 1 rings (SSSR count). The molecule has 0 spiro atoms. The molecule has 0 aromatic heterocycles. The van der Waals surface area contributed by atoms with E-state index in [9.17, 15) is 13.2 Å². The molecule has 0 bridgehead atoms. The highest BCUT2D eigenvalue weighted by Crippen LogP contribution is 2.14. The van der Waals surface area contributed by atoms with E-state index in [1.165, 1.54) is 26.3 Å². The van der Waals surface area contributed by atoms with Gasteiger partial charge < -0.3 is 10.5 Å². The molecule has 0 amide bonds. The van der Waals surface area contributed by atoms with Crippen molar-refractivity contribution in [3.05, 3.63) is 29.8 Å². The maximum Gasteiger partial charge on any atom is 0.321 e. The van der Waals surface area contributed by atoms with Crippen molar-refractivity contribution in [3.63, 3.8) is 0 Å². The van der Waals surface area contributed by atoms with E-state index in [1.54, 1.807) is 12.1 Å². The van der Waals surface area contributed by atoms with Gasteiger partial charge in [0.15, 0.2) is 0 Å². The molecule has 0 aliphatic heterocycles. The first-order chi connectivity index (χ1) is 9.41. The first-order valence-electron chi connectivity index (χ1n) is 5.74. The van der Waals surface area contributed by atoms with E-state index in [-0.39, 0.29) is 18.0 Å². The molecule has 1 aromatic rings. The summed E-state index contributed by atoms with van der Waals surface area (Å²) in [6, 6.07) is 6.04. The number of hydrogen-bond donors (Lipinski definition) is 1. The van der Waals surface area contributed by atoms with Gasteiger partial charge in [-0.1, -0.05) is 11.8 Å². The summed E-state index contributed by atoms with van der Waals surface area (Å²) in [5.74, 6) is 4.85. The lowest BCUT2D eigenvalue weighted by molar-refractivity contribution is -0.140. The van der Waals surface area contributed by atoms with Gasteiger partial charge in [-0.3, -0.25) is 4.79 Å². The van der Waals surface area contributed by atoms with Crippen molar-refractivity contribution in [1.82, 2.24) is 4.31 Å². The van der Waals surface area contributed by atoms with Crippen LogP contribution >= 0.6 is 0 Å². The minimum absolute atomic E-state index is 0.0854. The van der Waals surface area contributed by atoms with Crippen LogP contribution in [0, 0.1) is 11.8 Å². The molecule has 0 saturated carbocycles. The zero-order valence-electron chi connectivity index (χ0n) is 11.3. The number of nitrogens with zero attached hydrogens (tertiary/aromatic N) is 1. The molecule has 0 radical (unpaired) electrons. The van der Waals surface area contributed by atoms with Crippen molar-refractivity contribution < 1.29 is 17.9 Å². The van der Waals surface area contributed by atoms with Gasteiger partial charge in [0.25, 0.3) is 0 Å². The van der Waals surface area contributed by atoms with E-state index in [0.29, 0.717) is 5.56 Å². The van der Waals surface area contributed by atoms with Gasteiger partial charge in [-0.05, 0) is 24.3 Å². The second-order valence-corrected chi connectivity index (χ2v) is 5.91. The highest BCUT2D eigenvalue weighted by molar-refractivity contribution is 7.89. The normalized spacial score (nSPS) is 10.8. The Bertz CT molecular complexity index is 627. The van der Waals surface area contributed by atoms with E-state index in [0.717, 1.165) is 4.31 Å². The lowest BCUT2D eigenvalue weighted by Gasteiger charge is -2.15. The Morgan fingerprint density at radius 3 is 2.45 bits per heavy atom. The Labute approximate surface area is 118 Å². The minimum Gasteiger partial charge on any atom is -0.468 e. The predicted octanol–water partition coefficient (Wildman–Crippen LogP) is -0.210. The monoisotopic (exact) mass is 296 g/mol. The molecule has 0 aliphatic rings. The third kappa shape index (κ3) is 4.06. The molecule has 0 atom stereocenters. The summed E-state index contributed by atoms with van der Waals surface area (Å²) in [6.07, 6.45) is 0. The predicted molar refractivity (Wildman–Crippen MR) is 74.2 cm³/mol. The molecule has 2 N–H and O–H groups in total. The summed E-state index contributed by atoms with van der Waals surface area (Å²) in [7, 11) is -1.21. The fourth-order valence-corrected chi connectivity index (χ4v) is 2.49. The van der Waals surface area contributed by atoms with Crippen molar-refractivity contribution in [2.45, 2.75) is 4.90 Å². The molecule has 6 nitrogen and oxygen atoms in total. The summed E-state index contributed by atoms with van der Waals surface area (Å²) in [5, 5.41) is 0. The molecule has 0 aliphatic carbocycles. The van der Waals surface area contributed by atoms with Gasteiger partial charge >= 0.3 is 5.97 Å². The average Bonchev–Trinajstić information content (AvgIpc) is 2.45. The second kappa shape index (κ2) is 7.05. The molecule has 0 saturated heterocycles. The van der Waals surface area contributed by atoms with Gasteiger partial charge in [0.2, 0.25) is 10.0 Å². The number of likely N-dealkylation sites (N-methyl/N-ethyl adjacent to an activating group) is 1. The van der Waals surface area contributed by atoms with Gasteiger partial charge in [-0.25, -0.2) is 8.42 Å². The summed E-state index contributed by atoms with van der Waals surface area (Å²) in [4.78, 5) is 11.2. The Morgan fingerprint density at radius 2 is 1.95 bits per heavy atom. The molecule has 0 fully saturated rings. The first-order valence-corrected chi connectivity index (χ1v) is 7.18. The van der Waals surface area contributed by atoms with Gasteiger partial charge in [0.1, 0.15) is 6.54 Å². The van der Waals surface area contributed by atoms with E-state index >= 15 is 0 Å². The van der Waals surface area contributed by atoms with Gasteiger partial charge in [-0.2, -0.15) is 4.31 Å². The fourth-order valence-electron chi connectivity index (χ4n) is 1.37. The van der Waals surface area contributed by atoms with Crippen LogP contribution in [0.3, 0.4) is 0 Å². The van der Waals surface area contributed by atoms with Crippen LogP contribution in [0.5, 0.6) is 0 Å². The van der Waals surface area contributed by atoms with Crippen molar-refractivity contribution in [2.24, 2.45) is 5.73 Å². The summed E-state index contributed by atoms with van der Waals surface area (Å²) in [6.45, 7) is -0.102. The number of hydrogen-bond acceptors (Lipinski definition) is 5. The lowest BCUT2D eigenvalue weighted by atomic mass is 10.2. The molecule has 7 heteroatoms. The minimum atomic E-state index is -3.72. The van der Waals surface area contributed by atoms with Crippen LogP contribution in [0.15, 0.2) is 29.2 Å². The Kier molecular flexibility index (Phi) is 5.70. The number of ether oxygens (including phenoxy) is 1. The van der Waals surface area contributed by atoms with Crippen LogP contribution in [-0.4, -0.2) is 45.9 Å². The number of nitrogens with two attached hydrogens (primary N) is 1. The van der Waals surface area contributed by atoms with Crippen LogP contribution in [-0.2, 0) is 19.6 Å². The Balaban J connectivity index is 2.95. The number of carbonyl (C=O) groups is 1. The largest absolute Gasteiger partial charge is 0.468 e. The topological polar surface area (TPSA) is 89.7 Å². The molecular formula is C13H16N2O4S. The summed E-state index contributed by atoms with van der Waals surface area (Å²) in [5.41, 5.74) is 5.93. The van der Waals surface area contributed by atoms with Gasteiger partial charge in [0.05, 0.1) is 18.6 Å². The van der Waals surface area contributed by atoms with Gasteiger partial charge in [0, 0.05) is 12.6 Å². The zero-order chi connectivity index (χ0) is 15.2.